The lowest BCUT2D eigenvalue weighted by atomic mass is 10.4. The summed E-state index contributed by atoms with van der Waals surface area (Å²) in [5.74, 6) is 0.181. The van der Waals surface area contributed by atoms with Gasteiger partial charge in [0.15, 0.2) is 3.92 Å². The van der Waals surface area contributed by atoms with E-state index in [2.05, 4.69) is 20.9 Å². The molecule has 0 atom stereocenters. The molecule has 1 fully saturated rings. The highest BCUT2D eigenvalue weighted by Gasteiger charge is 2.40. The fraction of sp³-hybridized carbons (Fsp3) is 0.500. The number of rotatable bonds is 1. The van der Waals surface area contributed by atoms with Crippen LogP contribution in [0, 0.1) is 0 Å². The molecule has 0 aromatic carbocycles. The molecule has 1 saturated carbocycles. The molecule has 1 amide bonds. The maximum atomic E-state index is 11.8. The lowest BCUT2D eigenvalue weighted by Crippen LogP contribution is -2.25. The van der Waals surface area contributed by atoms with Gasteiger partial charge in [0.1, 0.15) is 4.88 Å². The summed E-state index contributed by atoms with van der Waals surface area (Å²) in [5, 5.41) is 0. The SMILES string of the molecule is O=C1c2sc(Br)nc2CN1C1CC1. The Morgan fingerprint density at radius 2 is 2.31 bits per heavy atom. The zero-order valence-electron chi connectivity index (χ0n) is 6.79. The molecule has 1 aliphatic carbocycles. The summed E-state index contributed by atoms with van der Waals surface area (Å²) >= 11 is 4.74. The minimum atomic E-state index is 0.181. The number of halogens is 1. The first kappa shape index (κ1) is 7.94. The Hall–Kier alpha value is -0.420. The molecule has 68 valence electrons. The number of nitrogens with zero attached hydrogens (tertiary/aromatic N) is 2. The molecule has 13 heavy (non-hydrogen) atoms. The highest BCUT2D eigenvalue weighted by atomic mass is 79.9. The van der Waals surface area contributed by atoms with Crippen molar-refractivity contribution >= 4 is 33.2 Å². The Balaban J connectivity index is 1.98. The number of carbonyl (C=O) groups excluding carboxylic acids is 1. The summed E-state index contributed by atoms with van der Waals surface area (Å²) in [7, 11) is 0. The summed E-state index contributed by atoms with van der Waals surface area (Å²) in [6.07, 6.45) is 2.34. The van der Waals surface area contributed by atoms with Gasteiger partial charge in [-0.3, -0.25) is 4.79 Å². The normalized spacial score (nSPS) is 21.0. The first-order chi connectivity index (χ1) is 6.25. The van der Waals surface area contributed by atoms with Crippen LogP contribution in [0.2, 0.25) is 0 Å². The molecule has 0 saturated heterocycles. The van der Waals surface area contributed by atoms with Crippen LogP contribution in [0.25, 0.3) is 0 Å². The van der Waals surface area contributed by atoms with Crippen LogP contribution in [-0.2, 0) is 6.54 Å². The summed E-state index contributed by atoms with van der Waals surface area (Å²) in [4.78, 5) is 18.8. The Kier molecular flexibility index (Phi) is 1.55. The van der Waals surface area contributed by atoms with Crippen LogP contribution in [0.15, 0.2) is 3.92 Å². The number of amides is 1. The standard InChI is InChI=1S/C8H7BrN2OS/c9-8-10-5-3-11(4-1-2-4)7(12)6(5)13-8/h4H,1-3H2. The van der Waals surface area contributed by atoms with Crippen molar-refractivity contribution in [2.24, 2.45) is 0 Å². The van der Waals surface area contributed by atoms with E-state index in [4.69, 9.17) is 0 Å². The molecule has 0 N–H and O–H groups in total. The zero-order chi connectivity index (χ0) is 9.00. The molecule has 3 nitrogen and oxygen atoms in total. The topological polar surface area (TPSA) is 33.2 Å². The number of fused-ring (bicyclic) bond motifs is 1. The lowest BCUT2D eigenvalue weighted by Gasteiger charge is -2.13. The van der Waals surface area contributed by atoms with Crippen LogP contribution in [0.3, 0.4) is 0 Å². The third kappa shape index (κ3) is 1.14. The van der Waals surface area contributed by atoms with E-state index >= 15 is 0 Å². The fourth-order valence-corrected chi connectivity index (χ4v) is 3.10. The molecule has 0 unspecified atom stereocenters. The molecular formula is C8H7BrN2OS. The Morgan fingerprint density at radius 3 is 2.92 bits per heavy atom. The summed E-state index contributed by atoms with van der Waals surface area (Å²) in [6, 6.07) is 0.507. The van der Waals surface area contributed by atoms with E-state index in [9.17, 15) is 4.79 Å². The average molecular weight is 259 g/mol. The zero-order valence-corrected chi connectivity index (χ0v) is 9.19. The van der Waals surface area contributed by atoms with E-state index in [-0.39, 0.29) is 5.91 Å². The lowest BCUT2D eigenvalue weighted by molar-refractivity contribution is 0.0769. The first-order valence-corrected chi connectivity index (χ1v) is 5.83. The van der Waals surface area contributed by atoms with E-state index in [1.165, 1.54) is 24.2 Å². The van der Waals surface area contributed by atoms with Crippen LogP contribution < -0.4 is 0 Å². The van der Waals surface area contributed by atoms with Gasteiger partial charge in [-0.05, 0) is 28.8 Å². The molecule has 3 rings (SSSR count). The number of thiazole rings is 1. The van der Waals surface area contributed by atoms with Crippen molar-refractivity contribution in [3.8, 4) is 0 Å². The van der Waals surface area contributed by atoms with E-state index in [1.54, 1.807) is 0 Å². The summed E-state index contributed by atoms with van der Waals surface area (Å²) in [5.41, 5.74) is 0.953. The predicted octanol–water partition coefficient (Wildman–Crippen LogP) is 2.02. The van der Waals surface area contributed by atoms with Gasteiger partial charge in [-0.2, -0.15) is 0 Å². The van der Waals surface area contributed by atoms with Crippen molar-refractivity contribution in [2.75, 3.05) is 0 Å². The first-order valence-electron chi connectivity index (χ1n) is 4.22. The minimum absolute atomic E-state index is 0.181. The van der Waals surface area contributed by atoms with Crippen molar-refractivity contribution in [2.45, 2.75) is 25.4 Å². The van der Waals surface area contributed by atoms with Crippen LogP contribution in [-0.4, -0.2) is 21.8 Å². The Labute approximate surface area is 87.9 Å². The van der Waals surface area contributed by atoms with Gasteiger partial charge in [-0.25, -0.2) is 4.98 Å². The van der Waals surface area contributed by atoms with Crippen LogP contribution in [0.4, 0.5) is 0 Å². The van der Waals surface area contributed by atoms with Crippen molar-refractivity contribution in [1.82, 2.24) is 9.88 Å². The molecule has 0 radical (unpaired) electrons. The fourth-order valence-electron chi connectivity index (χ4n) is 1.64. The highest BCUT2D eigenvalue weighted by Crippen LogP contribution is 2.37. The number of carbonyl (C=O) groups is 1. The van der Waals surface area contributed by atoms with Gasteiger partial charge in [0.25, 0.3) is 5.91 Å². The van der Waals surface area contributed by atoms with Crippen LogP contribution in [0.5, 0.6) is 0 Å². The van der Waals surface area contributed by atoms with Crippen molar-refractivity contribution in [1.29, 1.82) is 0 Å². The molecule has 2 aliphatic rings. The molecule has 1 aliphatic heterocycles. The van der Waals surface area contributed by atoms with E-state index in [0.717, 1.165) is 21.0 Å². The van der Waals surface area contributed by atoms with Crippen LogP contribution in [0.1, 0.15) is 28.2 Å². The molecule has 1 aromatic rings. The van der Waals surface area contributed by atoms with Crippen molar-refractivity contribution in [3.63, 3.8) is 0 Å². The quantitative estimate of drug-likeness (QED) is 0.773. The molecule has 2 heterocycles. The number of aromatic nitrogens is 1. The van der Waals surface area contributed by atoms with Crippen molar-refractivity contribution in [3.05, 3.63) is 14.5 Å². The van der Waals surface area contributed by atoms with Gasteiger partial charge in [0.2, 0.25) is 0 Å². The van der Waals surface area contributed by atoms with Gasteiger partial charge in [-0.15, -0.1) is 11.3 Å². The Bertz CT molecular complexity index is 385. The third-order valence-corrected chi connectivity index (χ3v) is 3.97. The van der Waals surface area contributed by atoms with Gasteiger partial charge >= 0.3 is 0 Å². The van der Waals surface area contributed by atoms with Gasteiger partial charge in [0, 0.05) is 6.04 Å². The van der Waals surface area contributed by atoms with Gasteiger partial charge < -0.3 is 4.90 Å². The summed E-state index contributed by atoms with van der Waals surface area (Å²) < 4.78 is 0.821. The number of hydrogen-bond donors (Lipinski definition) is 0. The second-order valence-corrected chi connectivity index (χ2v) is 5.68. The average Bonchev–Trinajstić information content (AvgIpc) is 2.79. The van der Waals surface area contributed by atoms with Gasteiger partial charge in [0.05, 0.1) is 12.2 Å². The smallest absolute Gasteiger partial charge is 0.266 e. The molecule has 1 aromatic heterocycles. The maximum Gasteiger partial charge on any atom is 0.266 e. The second-order valence-electron chi connectivity index (χ2n) is 3.41. The van der Waals surface area contributed by atoms with Gasteiger partial charge in [-0.1, -0.05) is 0 Å². The largest absolute Gasteiger partial charge is 0.329 e. The predicted molar refractivity (Wildman–Crippen MR) is 52.7 cm³/mol. The molecular weight excluding hydrogens is 252 g/mol. The van der Waals surface area contributed by atoms with Crippen LogP contribution >= 0.6 is 27.3 Å². The maximum absolute atomic E-state index is 11.8. The van der Waals surface area contributed by atoms with E-state index < -0.39 is 0 Å². The summed E-state index contributed by atoms with van der Waals surface area (Å²) in [6.45, 7) is 0.723. The van der Waals surface area contributed by atoms with Crippen molar-refractivity contribution < 1.29 is 4.79 Å². The number of hydrogen-bond acceptors (Lipinski definition) is 3. The monoisotopic (exact) mass is 258 g/mol. The Morgan fingerprint density at radius 1 is 1.54 bits per heavy atom. The highest BCUT2D eigenvalue weighted by molar-refractivity contribution is 9.11. The molecule has 5 heteroatoms. The third-order valence-electron chi connectivity index (χ3n) is 2.43. The van der Waals surface area contributed by atoms with E-state index in [0.29, 0.717) is 6.04 Å². The van der Waals surface area contributed by atoms with E-state index in [1.807, 2.05) is 4.90 Å². The molecule has 0 bridgehead atoms. The second kappa shape index (κ2) is 2.54. The molecule has 0 spiro atoms. The minimum Gasteiger partial charge on any atom is -0.329 e.